The second-order valence-corrected chi connectivity index (χ2v) is 18.2. The highest BCUT2D eigenvalue weighted by molar-refractivity contribution is 7.63. The van der Waals surface area contributed by atoms with Gasteiger partial charge in [0, 0.05) is 0 Å². The Bertz CT molecular complexity index is 144. The lowest BCUT2D eigenvalue weighted by Crippen LogP contribution is -2.41. The van der Waals surface area contributed by atoms with E-state index in [1.165, 1.54) is 6.55 Å². The highest BCUT2D eigenvalue weighted by Crippen LogP contribution is 2.29. The van der Waals surface area contributed by atoms with Gasteiger partial charge in [-0.25, -0.2) is 0 Å². The van der Waals surface area contributed by atoms with Gasteiger partial charge in [0.1, 0.15) is 0 Å². The monoisotopic (exact) mass is 342 g/mol. The van der Waals surface area contributed by atoms with E-state index in [4.69, 9.17) is 74.7 Å². The van der Waals surface area contributed by atoms with Gasteiger partial charge < -0.3 is 8.23 Å². The summed E-state index contributed by atoms with van der Waals surface area (Å²) in [6, 6.07) is 0. The van der Waals surface area contributed by atoms with Crippen LogP contribution in [0, 0.1) is 0 Å². The average molecular weight is 345 g/mol. The molecule has 0 aliphatic rings. The van der Waals surface area contributed by atoms with Crippen molar-refractivity contribution in [3.8, 4) is 0 Å². The maximum absolute atomic E-state index is 5.76. The van der Waals surface area contributed by atoms with Crippen LogP contribution in [0.3, 0.4) is 0 Å². The molecule has 2 nitrogen and oxygen atoms in total. The van der Waals surface area contributed by atoms with Gasteiger partial charge in [-0.2, -0.15) is 0 Å². The van der Waals surface area contributed by atoms with E-state index < -0.39 is 21.8 Å². The highest BCUT2D eigenvalue weighted by Gasteiger charge is 2.42. The molecular weight excluding hydrogens is 341 g/mol. The Balaban J connectivity index is 4.04. The van der Waals surface area contributed by atoms with Gasteiger partial charge in [0.05, 0.1) is 0 Å². The van der Waals surface area contributed by atoms with Crippen LogP contribution in [-0.2, 0) is 8.23 Å². The largest absolute Gasteiger partial charge is 0.485 e. The lowest BCUT2D eigenvalue weighted by molar-refractivity contribution is 0.452. The first-order valence-electron chi connectivity index (χ1n) is 2.54. The highest BCUT2D eigenvalue weighted by atomic mass is 35.8. The maximum Gasteiger partial charge on any atom is 0.485 e. The van der Waals surface area contributed by atoms with Crippen LogP contribution < -0.4 is 0 Å². The van der Waals surface area contributed by atoms with Crippen LogP contribution >= 0.6 is 66.5 Å². The molecule has 0 aromatic carbocycles. The molecule has 0 bridgehead atoms. The van der Waals surface area contributed by atoms with Crippen molar-refractivity contribution < 1.29 is 8.23 Å². The number of halogens is 6. The second-order valence-electron chi connectivity index (χ2n) is 1.76. The van der Waals surface area contributed by atoms with Crippen molar-refractivity contribution in [2.24, 2.45) is 0 Å². The molecule has 74 valence electrons. The first kappa shape index (κ1) is 14.3. The maximum atomic E-state index is 5.76. The fourth-order valence-corrected chi connectivity index (χ4v) is 14.7. The van der Waals surface area contributed by atoms with Crippen molar-refractivity contribution in [3.63, 3.8) is 0 Å². The van der Waals surface area contributed by atoms with E-state index in [2.05, 4.69) is 0 Å². The summed E-state index contributed by atoms with van der Waals surface area (Å²) < 4.78 is 9.87. The van der Waals surface area contributed by atoms with Gasteiger partial charge in [0.25, 0.3) is 0 Å². The zero-order chi connectivity index (χ0) is 9.99. The van der Waals surface area contributed by atoms with Gasteiger partial charge >= 0.3 is 21.8 Å². The van der Waals surface area contributed by atoms with Crippen molar-refractivity contribution in [2.45, 2.75) is 6.55 Å². The summed E-state index contributed by atoms with van der Waals surface area (Å²) in [4.78, 5) is 0. The van der Waals surface area contributed by atoms with E-state index in [1.807, 2.05) is 0 Å². The molecule has 0 heterocycles. The number of rotatable bonds is 4. The van der Waals surface area contributed by atoms with E-state index in [9.17, 15) is 0 Å². The molecule has 0 rings (SSSR count). The van der Waals surface area contributed by atoms with Crippen molar-refractivity contribution in [3.05, 3.63) is 0 Å². The molecule has 1 unspecified atom stereocenters. The van der Waals surface area contributed by atoms with Crippen molar-refractivity contribution in [1.82, 2.24) is 0 Å². The van der Waals surface area contributed by atoms with Crippen molar-refractivity contribution in [1.29, 1.82) is 0 Å². The SMILES string of the molecule is C[Si](Cl)(O[SiH](Cl)Cl)O[Si](Cl)(Cl)Cl. The van der Waals surface area contributed by atoms with Crippen LogP contribution in [0.15, 0.2) is 0 Å². The van der Waals surface area contributed by atoms with Gasteiger partial charge in [-0.1, -0.05) is 33.2 Å². The minimum atomic E-state index is -3.23. The molecule has 0 aromatic heterocycles. The molecule has 0 aliphatic heterocycles. The molecule has 0 aromatic rings. The minimum Gasteiger partial charge on any atom is -0.404 e. The number of hydrogen-bond acceptors (Lipinski definition) is 2. The van der Waals surface area contributed by atoms with E-state index in [0.717, 1.165) is 0 Å². The lowest BCUT2D eigenvalue weighted by atomic mass is 11.9. The van der Waals surface area contributed by atoms with Crippen LogP contribution in [0.1, 0.15) is 0 Å². The van der Waals surface area contributed by atoms with E-state index in [-0.39, 0.29) is 0 Å². The van der Waals surface area contributed by atoms with Gasteiger partial charge in [0.15, 0.2) is 0 Å². The van der Waals surface area contributed by atoms with E-state index in [1.54, 1.807) is 0 Å². The van der Waals surface area contributed by atoms with Crippen molar-refractivity contribution in [2.75, 3.05) is 0 Å². The zero-order valence-electron chi connectivity index (χ0n) is 5.66. The first-order chi connectivity index (χ1) is 5.12. The third-order valence-electron chi connectivity index (χ3n) is 0.598. The first-order valence-corrected chi connectivity index (χ1v) is 14.8. The Morgan fingerprint density at radius 1 is 1.08 bits per heavy atom. The topological polar surface area (TPSA) is 18.5 Å². The molecular formula is CH4Cl6O2Si3. The van der Waals surface area contributed by atoms with Crippen LogP contribution in [0.5, 0.6) is 0 Å². The Hall–Kier alpha value is 2.31. The zero-order valence-corrected chi connectivity index (χ0v) is 13.4. The Kier molecular flexibility index (Phi) is 6.45. The smallest absolute Gasteiger partial charge is 0.404 e. The van der Waals surface area contributed by atoms with Gasteiger partial charge in [-0.15, -0.1) is 33.2 Å². The molecule has 12 heavy (non-hydrogen) atoms. The fourth-order valence-electron chi connectivity index (χ4n) is 0.390. The molecule has 0 saturated heterocycles. The van der Waals surface area contributed by atoms with E-state index in [0.29, 0.717) is 0 Å². The predicted molar refractivity (Wildman–Crippen MR) is 61.8 cm³/mol. The quantitative estimate of drug-likeness (QED) is 0.576. The summed E-state index contributed by atoms with van der Waals surface area (Å²) in [5.74, 6) is 0. The molecule has 0 amide bonds. The Morgan fingerprint density at radius 3 is 1.75 bits per heavy atom. The third kappa shape index (κ3) is 8.89. The molecule has 0 spiro atoms. The molecule has 0 radical (unpaired) electrons. The summed E-state index contributed by atoms with van der Waals surface area (Å²) in [5.41, 5.74) is 0. The van der Waals surface area contributed by atoms with Crippen LogP contribution in [0.25, 0.3) is 0 Å². The molecule has 0 saturated carbocycles. The predicted octanol–water partition coefficient (Wildman–Crippen LogP) is 3.17. The summed E-state index contributed by atoms with van der Waals surface area (Å²) in [7, 11) is -5.26. The van der Waals surface area contributed by atoms with Crippen LogP contribution in [-0.4, -0.2) is 21.8 Å². The summed E-state index contributed by atoms with van der Waals surface area (Å²) in [6.45, 7) is 1.49. The summed E-state index contributed by atoms with van der Waals surface area (Å²) in [5, 5.41) is 0. The molecule has 0 N–H and O–H groups in total. The standard InChI is InChI=1S/CH4Cl6O2Si3/c1-11(4,8-10(2)3)9-12(5,6)7/h10H,1H3. The summed E-state index contributed by atoms with van der Waals surface area (Å²) in [6.07, 6.45) is -3.23. The Labute approximate surface area is 102 Å². The van der Waals surface area contributed by atoms with Gasteiger partial charge in [-0.3, -0.25) is 0 Å². The van der Waals surface area contributed by atoms with Gasteiger partial charge in [-0.05, 0) is 6.55 Å². The fraction of sp³-hybridized carbons (Fsp3) is 1.00. The minimum absolute atomic E-state index is 1.49. The normalized spacial score (nSPS) is 18.0. The summed E-state index contributed by atoms with van der Waals surface area (Å²) >= 11 is 33.0. The average Bonchev–Trinajstić information content (AvgIpc) is 1.48. The third-order valence-corrected chi connectivity index (χ3v) is 10.6. The van der Waals surface area contributed by atoms with Crippen LogP contribution in [0.4, 0.5) is 0 Å². The van der Waals surface area contributed by atoms with Crippen molar-refractivity contribution >= 4 is 88.3 Å². The number of hydrogen-bond donors (Lipinski definition) is 0. The Morgan fingerprint density at radius 2 is 1.50 bits per heavy atom. The second kappa shape index (κ2) is 5.41. The molecule has 0 fully saturated rings. The molecule has 0 aliphatic carbocycles. The van der Waals surface area contributed by atoms with E-state index >= 15 is 0 Å². The molecule has 11 heteroatoms. The lowest BCUT2D eigenvalue weighted by Gasteiger charge is -2.23. The van der Waals surface area contributed by atoms with Crippen LogP contribution in [0.2, 0.25) is 6.55 Å². The molecule has 1 atom stereocenters. The van der Waals surface area contributed by atoms with Gasteiger partial charge in [0.2, 0.25) is 0 Å².